The Morgan fingerprint density at radius 2 is 1.59 bits per heavy atom. The van der Waals surface area contributed by atoms with Gasteiger partial charge in [0.2, 0.25) is 5.69 Å². The van der Waals surface area contributed by atoms with Gasteiger partial charge >= 0.3 is 0 Å². The van der Waals surface area contributed by atoms with Crippen LogP contribution in [0.2, 0.25) is 0 Å². The number of hydrogen-bond acceptors (Lipinski definition) is 2. The quantitative estimate of drug-likeness (QED) is 0.262. The third-order valence-electron chi connectivity index (χ3n) is 7.80. The van der Waals surface area contributed by atoms with Gasteiger partial charge < -0.3 is 4.42 Å². The van der Waals surface area contributed by atoms with Crippen molar-refractivity contribution in [3.8, 4) is 22.5 Å². The average Bonchev–Trinajstić information content (AvgIpc) is 3.27. The Labute approximate surface area is 201 Å². The minimum atomic E-state index is -0.0968. The second kappa shape index (κ2) is 7.02. The molecule has 0 bridgehead atoms. The number of benzene rings is 2. The normalized spacial score (nSPS) is 14.2. The Morgan fingerprint density at radius 1 is 0.882 bits per heavy atom. The van der Waals surface area contributed by atoms with Gasteiger partial charge in [-0.15, -0.1) is 0 Å². The molecule has 0 fully saturated rings. The van der Waals surface area contributed by atoms with Crippen molar-refractivity contribution in [2.45, 2.75) is 52.9 Å². The standard InChI is InChI=1S/C31H31N2O/c1-17(2)22-15-25(33(7)16-19(22)4)26-18(3)10-11-20-21-12-13-23-27(30(21)34-29(20)26)28-24(31(23,5)6)9-8-14-32-28/h8-17H,1-7H3/q+1. The molecule has 2 aromatic carbocycles. The van der Waals surface area contributed by atoms with Crippen LogP contribution in [0.3, 0.4) is 0 Å². The highest BCUT2D eigenvalue weighted by molar-refractivity contribution is 6.14. The van der Waals surface area contributed by atoms with E-state index in [1.165, 1.54) is 39.1 Å². The van der Waals surface area contributed by atoms with E-state index >= 15 is 0 Å². The molecule has 6 rings (SSSR count). The highest BCUT2D eigenvalue weighted by atomic mass is 16.3. The molecule has 0 aliphatic heterocycles. The summed E-state index contributed by atoms with van der Waals surface area (Å²) in [6.45, 7) is 13.5. The maximum Gasteiger partial charge on any atom is 0.216 e. The van der Waals surface area contributed by atoms with Gasteiger partial charge in [-0.25, -0.2) is 4.57 Å². The van der Waals surface area contributed by atoms with E-state index in [0.717, 1.165) is 33.2 Å². The van der Waals surface area contributed by atoms with Crippen LogP contribution in [-0.4, -0.2) is 4.98 Å². The molecule has 1 aliphatic rings. The summed E-state index contributed by atoms with van der Waals surface area (Å²) < 4.78 is 9.08. The largest absolute Gasteiger partial charge is 0.454 e. The van der Waals surface area contributed by atoms with Gasteiger partial charge in [0.1, 0.15) is 18.2 Å². The minimum Gasteiger partial charge on any atom is -0.454 e. The van der Waals surface area contributed by atoms with Crippen LogP contribution in [0.1, 0.15) is 61.4 Å². The Bertz CT molecular complexity index is 1640. The fourth-order valence-electron chi connectivity index (χ4n) is 6.00. The lowest BCUT2D eigenvalue weighted by Gasteiger charge is -2.20. The first-order valence-corrected chi connectivity index (χ1v) is 12.2. The molecule has 1 aliphatic carbocycles. The van der Waals surface area contributed by atoms with Crippen LogP contribution in [0.4, 0.5) is 0 Å². The molecule has 0 atom stereocenters. The van der Waals surface area contributed by atoms with Gasteiger partial charge in [0.05, 0.1) is 11.3 Å². The summed E-state index contributed by atoms with van der Waals surface area (Å²) in [6.07, 6.45) is 4.13. The van der Waals surface area contributed by atoms with Gasteiger partial charge in [0, 0.05) is 39.6 Å². The predicted octanol–water partition coefficient (Wildman–Crippen LogP) is 7.52. The zero-order valence-electron chi connectivity index (χ0n) is 21.1. The van der Waals surface area contributed by atoms with Gasteiger partial charge in [-0.1, -0.05) is 58.0 Å². The van der Waals surface area contributed by atoms with Crippen molar-refractivity contribution in [3.05, 3.63) is 82.7 Å². The molecule has 0 radical (unpaired) electrons. The smallest absolute Gasteiger partial charge is 0.216 e. The van der Waals surface area contributed by atoms with Crippen molar-refractivity contribution in [1.29, 1.82) is 0 Å². The molecule has 5 aromatic rings. The number of nitrogens with zero attached hydrogens (tertiary/aromatic N) is 2. The molecule has 170 valence electrons. The van der Waals surface area contributed by atoms with Gasteiger partial charge in [-0.2, -0.15) is 0 Å². The fraction of sp³-hybridized carbons (Fsp3) is 0.290. The van der Waals surface area contributed by atoms with Gasteiger partial charge in [0.15, 0.2) is 6.20 Å². The van der Waals surface area contributed by atoms with E-state index in [2.05, 4.69) is 95.8 Å². The number of rotatable bonds is 2. The van der Waals surface area contributed by atoms with Crippen LogP contribution >= 0.6 is 0 Å². The van der Waals surface area contributed by atoms with E-state index in [1.54, 1.807) is 0 Å². The Kier molecular flexibility index (Phi) is 4.36. The van der Waals surface area contributed by atoms with Gasteiger partial charge in [0.25, 0.3) is 0 Å². The van der Waals surface area contributed by atoms with Gasteiger partial charge in [-0.05, 0) is 48.1 Å². The van der Waals surface area contributed by atoms with E-state index in [0.29, 0.717) is 5.92 Å². The van der Waals surface area contributed by atoms with Crippen molar-refractivity contribution in [2.24, 2.45) is 7.05 Å². The molecule has 0 N–H and O–H groups in total. The number of aromatic nitrogens is 2. The van der Waals surface area contributed by atoms with E-state index < -0.39 is 0 Å². The second-order valence-corrected chi connectivity index (χ2v) is 10.7. The molecule has 0 amide bonds. The molecule has 3 heteroatoms. The van der Waals surface area contributed by atoms with Gasteiger partial charge in [-0.3, -0.25) is 4.98 Å². The van der Waals surface area contributed by atoms with E-state index in [1.807, 2.05) is 12.3 Å². The molecular formula is C31H31N2O+. The van der Waals surface area contributed by atoms with E-state index in [9.17, 15) is 0 Å². The first kappa shape index (κ1) is 21.1. The molecule has 0 saturated heterocycles. The first-order valence-electron chi connectivity index (χ1n) is 12.2. The average molecular weight is 448 g/mol. The monoisotopic (exact) mass is 447 g/mol. The Balaban J connectivity index is 1.72. The Hall–Kier alpha value is -3.46. The predicted molar refractivity (Wildman–Crippen MR) is 139 cm³/mol. The summed E-state index contributed by atoms with van der Waals surface area (Å²) in [6, 6.07) is 15.5. The molecule has 3 aromatic heterocycles. The first-order chi connectivity index (χ1) is 16.2. The third kappa shape index (κ3) is 2.70. The van der Waals surface area contributed by atoms with Crippen molar-refractivity contribution in [1.82, 2.24) is 4.98 Å². The molecular weight excluding hydrogens is 416 g/mol. The fourth-order valence-corrected chi connectivity index (χ4v) is 6.00. The number of fused-ring (bicyclic) bond motifs is 7. The summed E-state index contributed by atoms with van der Waals surface area (Å²) in [4.78, 5) is 4.81. The molecule has 0 spiro atoms. The minimum absolute atomic E-state index is 0.0968. The van der Waals surface area contributed by atoms with Crippen LogP contribution in [0.15, 0.2) is 59.3 Å². The number of pyridine rings is 2. The maximum atomic E-state index is 6.84. The summed E-state index contributed by atoms with van der Waals surface area (Å²) >= 11 is 0. The molecule has 0 unspecified atom stereocenters. The zero-order valence-corrected chi connectivity index (χ0v) is 21.1. The molecule has 34 heavy (non-hydrogen) atoms. The summed E-state index contributed by atoms with van der Waals surface area (Å²) in [5.41, 5.74) is 12.8. The number of aryl methyl sites for hydroxylation is 3. The Morgan fingerprint density at radius 3 is 2.32 bits per heavy atom. The van der Waals surface area contributed by atoms with Crippen LogP contribution in [0, 0.1) is 13.8 Å². The zero-order chi connectivity index (χ0) is 23.9. The van der Waals surface area contributed by atoms with Crippen molar-refractivity contribution in [3.63, 3.8) is 0 Å². The lowest BCUT2D eigenvalue weighted by atomic mass is 9.82. The van der Waals surface area contributed by atoms with E-state index in [4.69, 9.17) is 9.40 Å². The third-order valence-corrected chi connectivity index (χ3v) is 7.80. The summed E-state index contributed by atoms with van der Waals surface area (Å²) in [5.74, 6) is 0.461. The van der Waals surface area contributed by atoms with Crippen LogP contribution in [-0.2, 0) is 12.5 Å². The maximum absolute atomic E-state index is 6.84. The highest BCUT2D eigenvalue weighted by Gasteiger charge is 2.38. The van der Waals surface area contributed by atoms with E-state index in [-0.39, 0.29) is 5.41 Å². The SMILES string of the molecule is Cc1c[n+](C)c(-c2c(C)ccc3c2oc2c4c(ccc23)C(C)(C)c2cccnc2-4)cc1C(C)C. The van der Waals surface area contributed by atoms with Crippen molar-refractivity contribution >= 4 is 21.9 Å². The van der Waals surface area contributed by atoms with Crippen LogP contribution in [0.5, 0.6) is 0 Å². The number of hydrogen-bond donors (Lipinski definition) is 0. The summed E-state index contributed by atoms with van der Waals surface area (Å²) in [5, 5.41) is 2.32. The lowest BCUT2D eigenvalue weighted by Crippen LogP contribution is -2.32. The van der Waals surface area contributed by atoms with Crippen LogP contribution < -0.4 is 4.57 Å². The van der Waals surface area contributed by atoms with Crippen LogP contribution in [0.25, 0.3) is 44.5 Å². The molecule has 0 saturated carbocycles. The number of furan rings is 1. The molecule has 3 heterocycles. The summed E-state index contributed by atoms with van der Waals surface area (Å²) in [7, 11) is 2.13. The second-order valence-electron chi connectivity index (χ2n) is 10.7. The van der Waals surface area contributed by atoms with Crippen molar-refractivity contribution < 1.29 is 8.98 Å². The topological polar surface area (TPSA) is 29.9 Å². The lowest BCUT2D eigenvalue weighted by molar-refractivity contribution is -0.660. The molecule has 3 nitrogen and oxygen atoms in total. The highest BCUT2D eigenvalue weighted by Crippen LogP contribution is 2.52. The van der Waals surface area contributed by atoms with Crippen molar-refractivity contribution in [2.75, 3.05) is 0 Å².